The van der Waals surface area contributed by atoms with E-state index in [4.69, 9.17) is 0 Å². The third-order valence-electron chi connectivity index (χ3n) is 3.05. The molecule has 0 bridgehead atoms. The fourth-order valence-corrected chi connectivity index (χ4v) is 2.40. The van der Waals surface area contributed by atoms with Gasteiger partial charge in [0, 0.05) is 30.2 Å². The number of allylic oxidation sites excluding steroid dienone is 2. The van der Waals surface area contributed by atoms with Crippen molar-refractivity contribution >= 4 is 11.5 Å². The molecular formula is C11H15NO. The van der Waals surface area contributed by atoms with Crippen LogP contribution < -0.4 is 0 Å². The Kier molecular flexibility index (Phi) is 2.06. The maximum Gasteiger partial charge on any atom is 0.133 e. The van der Waals surface area contributed by atoms with Crippen molar-refractivity contribution in [3.8, 4) is 0 Å². The largest absolute Gasteiger partial charge is 0.300 e. The van der Waals surface area contributed by atoms with Gasteiger partial charge in [-0.2, -0.15) is 0 Å². The summed E-state index contributed by atoms with van der Waals surface area (Å²) in [4.78, 5) is 15.5. The highest BCUT2D eigenvalue weighted by molar-refractivity contribution is 5.91. The number of carbonyl (C=O) groups is 1. The van der Waals surface area contributed by atoms with Gasteiger partial charge in [-0.1, -0.05) is 6.08 Å². The van der Waals surface area contributed by atoms with Gasteiger partial charge in [0.2, 0.25) is 0 Å². The second-order valence-electron chi connectivity index (χ2n) is 4.13. The number of carbonyl (C=O) groups excluding carboxylic acids is 1. The number of rotatable bonds is 1. The minimum atomic E-state index is 0.427. The van der Waals surface area contributed by atoms with Crippen molar-refractivity contribution in [2.75, 3.05) is 0 Å². The molecule has 1 aliphatic carbocycles. The Balaban J connectivity index is 2.11. The summed E-state index contributed by atoms with van der Waals surface area (Å²) < 4.78 is 0. The molecule has 70 valence electrons. The first-order valence-electron chi connectivity index (χ1n) is 4.92. The number of ketones is 1. The van der Waals surface area contributed by atoms with E-state index in [1.165, 1.54) is 5.71 Å². The lowest BCUT2D eigenvalue weighted by molar-refractivity contribution is -0.117. The Morgan fingerprint density at radius 1 is 1.46 bits per heavy atom. The monoisotopic (exact) mass is 177 g/mol. The first-order chi connectivity index (χ1) is 6.16. The van der Waals surface area contributed by atoms with Crippen LogP contribution in [0.3, 0.4) is 0 Å². The van der Waals surface area contributed by atoms with Crippen molar-refractivity contribution in [2.45, 2.75) is 33.1 Å². The Morgan fingerprint density at radius 2 is 2.23 bits per heavy atom. The lowest BCUT2D eigenvalue weighted by atomic mass is 9.88. The smallest absolute Gasteiger partial charge is 0.133 e. The van der Waals surface area contributed by atoms with Gasteiger partial charge < -0.3 is 0 Å². The molecule has 2 heteroatoms. The van der Waals surface area contributed by atoms with Crippen LogP contribution >= 0.6 is 0 Å². The highest BCUT2D eigenvalue weighted by Gasteiger charge is 2.31. The van der Waals surface area contributed by atoms with Gasteiger partial charge in [-0.25, -0.2) is 0 Å². The van der Waals surface area contributed by atoms with Gasteiger partial charge in [-0.3, -0.25) is 9.79 Å². The SMILES string of the molecule is CC1=C[C@@H](C2CCC(=O)C2)C(C)=N1. The molecule has 1 aliphatic heterocycles. The van der Waals surface area contributed by atoms with E-state index >= 15 is 0 Å². The van der Waals surface area contributed by atoms with Crippen molar-refractivity contribution < 1.29 is 4.79 Å². The van der Waals surface area contributed by atoms with Crippen molar-refractivity contribution in [1.82, 2.24) is 0 Å². The molecule has 2 nitrogen and oxygen atoms in total. The van der Waals surface area contributed by atoms with Crippen LogP contribution in [0, 0.1) is 11.8 Å². The van der Waals surface area contributed by atoms with Crippen LogP contribution in [0.25, 0.3) is 0 Å². The van der Waals surface area contributed by atoms with Gasteiger partial charge in [-0.15, -0.1) is 0 Å². The molecule has 1 fully saturated rings. The summed E-state index contributed by atoms with van der Waals surface area (Å²) >= 11 is 0. The summed E-state index contributed by atoms with van der Waals surface area (Å²) in [5.41, 5.74) is 2.30. The molecule has 0 N–H and O–H groups in total. The molecule has 0 saturated heterocycles. The summed E-state index contributed by atoms with van der Waals surface area (Å²) in [6, 6.07) is 0. The quantitative estimate of drug-likeness (QED) is 0.604. The topological polar surface area (TPSA) is 29.4 Å². The van der Waals surface area contributed by atoms with E-state index in [0.29, 0.717) is 17.6 Å². The Morgan fingerprint density at radius 3 is 2.69 bits per heavy atom. The van der Waals surface area contributed by atoms with Gasteiger partial charge >= 0.3 is 0 Å². The van der Waals surface area contributed by atoms with Gasteiger partial charge in [-0.05, 0) is 26.2 Å². The molecule has 0 spiro atoms. The van der Waals surface area contributed by atoms with Crippen LogP contribution in [0.5, 0.6) is 0 Å². The molecule has 0 radical (unpaired) electrons. The number of hydrogen-bond donors (Lipinski definition) is 0. The lowest BCUT2D eigenvalue weighted by Crippen LogP contribution is -2.15. The molecular weight excluding hydrogens is 162 g/mol. The normalized spacial score (nSPS) is 33.5. The Bertz CT molecular complexity index is 301. The van der Waals surface area contributed by atoms with Crippen molar-refractivity contribution in [3.63, 3.8) is 0 Å². The maximum absolute atomic E-state index is 11.1. The second kappa shape index (κ2) is 3.09. The zero-order valence-electron chi connectivity index (χ0n) is 8.21. The zero-order valence-corrected chi connectivity index (χ0v) is 8.21. The second-order valence-corrected chi connectivity index (χ2v) is 4.13. The first-order valence-corrected chi connectivity index (χ1v) is 4.92. The lowest BCUT2D eigenvalue weighted by Gasteiger charge is -2.15. The van der Waals surface area contributed by atoms with Crippen LogP contribution in [-0.2, 0) is 4.79 Å². The summed E-state index contributed by atoms with van der Waals surface area (Å²) in [6.45, 7) is 4.10. The fourth-order valence-electron chi connectivity index (χ4n) is 2.40. The van der Waals surface area contributed by atoms with Crippen LogP contribution in [0.2, 0.25) is 0 Å². The number of nitrogens with zero attached hydrogens (tertiary/aromatic N) is 1. The van der Waals surface area contributed by atoms with Crippen LogP contribution in [0.1, 0.15) is 33.1 Å². The van der Waals surface area contributed by atoms with E-state index in [-0.39, 0.29) is 0 Å². The summed E-state index contributed by atoms with van der Waals surface area (Å²) in [7, 11) is 0. The first kappa shape index (κ1) is 8.67. The van der Waals surface area contributed by atoms with Gasteiger partial charge in [0.1, 0.15) is 5.78 Å². The minimum Gasteiger partial charge on any atom is -0.300 e. The highest BCUT2D eigenvalue weighted by Crippen LogP contribution is 2.34. The van der Waals surface area contributed by atoms with Crippen molar-refractivity contribution in [1.29, 1.82) is 0 Å². The number of Topliss-reactive ketones (excluding diaryl/α,β-unsaturated/α-hetero) is 1. The molecule has 0 aromatic heterocycles. The van der Waals surface area contributed by atoms with E-state index in [0.717, 1.165) is 25.0 Å². The van der Waals surface area contributed by atoms with E-state index in [2.05, 4.69) is 18.0 Å². The Labute approximate surface area is 78.7 Å². The molecule has 1 heterocycles. The third-order valence-corrected chi connectivity index (χ3v) is 3.05. The minimum absolute atomic E-state index is 0.427. The summed E-state index contributed by atoms with van der Waals surface area (Å²) in [5, 5.41) is 0. The van der Waals surface area contributed by atoms with Crippen LogP contribution in [0.4, 0.5) is 0 Å². The van der Waals surface area contributed by atoms with Crippen molar-refractivity contribution in [3.05, 3.63) is 11.8 Å². The van der Waals surface area contributed by atoms with E-state index in [1.54, 1.807) is 0 Å². The van der Waals surface area contributed by atoms with Crippen LogP contribution in [-0.4, -0.2) is 11.5 Å². The average Bonchev–Trinajstić information content (AvgIpc) is 2.58. The summed E-state index contributed by atoms with van der Waals surface area (Å²) in [6.07, 6.45) is 4.81. The molecule has 2 aliphatic rings. The molecule has 13 heavy (non-hydrogen) atoms. The predicted octanol–water partition coefficient (Wildman–Crippen LogP) is 2.35. The third kappa shape index (κ3) is 1.58. The molecule has 0 amide bonds. The summed E-state index contributed by atoms with van der Waals surface area (Å²) in [5.74, 6) is 1.41. The predicted molar refractivity (Wildman–Crippen MR) is 52.7 cm³/mol. The van der Waals surface area contributed by atoms with E-state index in [1.807, 2.05) is 6.92 Å². The standard InChI is InChI=1S/C11H15NO/c1-7-5-11(8(2)12-7)9-3-4-10(13)6-9/h5,9,11H,3-4,6H2,1-2H3/t9?,11-/m1/s1. The maximum atomic E-state index is 11.1. The van der Waals surface area contributed by atoms with Crippen molar-refractivity contribution in [2.24, 2.45) is 16.8 Å². The van der Waals surface area contributed by atoms with Gasteiger partial charge in [0.05, 0.1) is 0 Å². The number of hydrogen-bond acceptors (Lipinski definition) is 2. The molecule has 1 unspecified atom stereocenters. The highest BCUT2D eigenvalue weighted by atomic mass is 16.1. The Hall–Kier alpha value is -0.920. The fraction of sp³-hybridized carbons (Fsp3) is 0.636. The molecule has 2 atom stereocenters. The van der Waals surface area contributed by atoms with Gasteiger partial charge in [0.25, 0.3) is 0 Å². The van der Waals surface area contributed by atoms with Crippen LogP contribution in [0.15, 0.2) is 16.8 Å². The molecule has 0 aromatic carbocycles. The average molecular weight is 177 g/mol. The molecule has 1 saturated carbocycles. The number of aliphatic imine (C=N–C) groups is 1. The van der Waals surface area contributed by atoms with Gasteiger partial charge in [0.15, 0.2) is 0 Å². The molecule has 0 aromatic rings. The van der Waals surface area contributed by atoms with E-state index < -0.39 is 0 Å². The molecule has 2 rings (SSSR count). The van der Waals surface area contributed by atoms with E-state index in [9.17, 15) is 4.79 Å². The zero-order chi connectivity index (χ0) is 9.42.